The Balaban J connectivity index is 1.81. The Morgan fingerprint density at radius 2 is 1.96 bits per heavy atom. The highest BCUT2D eigenvalue weighted by Gasteiger charge is 2.44. The van der Waals surface area contributed by atoms with Crippen LogP contribution in [0.3, 0.4) is 0 Å². The standard InChI is InChI=1S/C20H18F2N2O3/c1-4-6-12(2)13(3)19(25)24-17-10-9-14(11-23-17)15-7-5-8-16-18(15)27-20(21,22)26-16/h4-11H,1-3H3,(H,23,24,25)/b6-4-,13-12+. The maximum absolute atomic E-state index is 13.3. The van der Waals surface area contributed by atoms with Crippen LogP contribution >= 0.6 is 0 Å². The molecule has 1 amide bonds. The van der Waals surface area contributed by atoms with Gasteiger partial charge in [-0.25, -0.2) is 4.98 Å². The molecule has 5 nitrogen and oxygen atoms in total. The van der Waals surface area contributed by atoms with Crippen LogP contribution in [0.5, 0.6) is 11.5 Å². The van der Waals surface area contributed by atoms with E-state index in [-0.39, 0.29) is 17.4 Å². The van der Waals surface area contributed by atoms with Crippen molar-refractivity contribution in [2.45, 2.75) is 27.1 Å². The molecule has 140 valence electrons. The molecular formula is C20H18F2N2O3. The van der Waals surface area contributed by atoms with Gasteiger partial charge in [-0.15, -0.1) is 8.78 Å². The molecule has 1 aliphatic rings. The van der Waals surface area contributed by atoms with Gasteiger partial charge in [0.25, 0.3) is 5.91 Å². The van der Waals surface area contributed by atoms with Gasteiger partial charge in [-0.1, -0.05) is 24.3 Å². The summed E-state index contributed by atoms with van der Waals surface area (Å²) in [7, 11) is 0. The number of rotatable bonds is 4. The summed E-state index contributed by atoms with van der Waals surface area (Å²) < 4.78 is 35.7. The molecule has 0 spiro atoms. The first-order valence-electron chi connectivity index (χ1n) is 8.27. The highest BCUT2D eigenvalue weighted by Crippen LogP contribution is 2.46. The fraction of sp³-hybridized carbons (Fsp3) is 0.200. The number of nitrogens with one attached hydrogen (secondary N) is 1. The molecule has 0 unspecified atom stereocenters. The van der Waals surface area contributed by atoms with Crippen molar-refractivity contribution in [2.75, 3.05) is 5.32 Å². The van der Waals surface area contributed by atoms with Gasteiger partial charge >= 0.3 is 6.29 Å². The van der Waals surface area contributed by atoms with Crippen LogP contribution in [0.15, 0.2) is 59.8 Å². The summed E-state index contributed by atoms with van der Waals surface area (Å²) in [6.07, 6.45) is 1.49. The fourth-order valence-corrected chi connectivity index (χ4v) is 2.59. The molecule has 0 fully saturated rings. The Hall–Kier alpha value is -3.22. The molecule has 27 heavy (non-hydrogen) atoms. The van der Waals surface area contributed by atoms with Crippen LogP contribution in [0.2, 0.25) is 0 Å². The minimum atomic E-state index is -3.69. The van der Waals surface area contributed by atoms with Crippen molar-refractivity contribution < 1.29 is 23.0 Å². The van der Waals surface area contributed by atoms with E-state index >= 15 is 0 Å². The third kappa shape index (κ3) is 3.97. The van der Waals surface area contributed by atoms with E-state index < -0.39 is 6.29 Å². The van der Waals surface area contributed by atoms with E-state index in [4.69, 9.17) is 0 Å². The van der Waals surface area contributed by atoms with Crippen LogP contribution < -0.4 is 14.8 Å². The summed E-state index contributed by atoms with van der Waals surface area (Å²) in [5, 5.41) is 2.71. The van der Waals surface area contributed by atoms with Gasteiger partial charge in [0.1, 0.15) is 5.82 Å². The van der Waals surface area contributed by atoms with Crippen LogP contribution in [-0.2, 0) is 4.79 Å². The number of hydrogen-bond donors (Lipinski definition) is 1. The van der Waals surface area contributed by atoms with Gasteiger partial charge in [-0.3, -0.25) is 4.79 Å². The summed E-state index contributed by atoms with van der Waals surface area (Å²) >= 11 is 0. The Bertz CT molecular complexity index is 935. The molecule has 1 N–H and O–H groups in total. The number of pyridine rings is 1. The Morgan fingerprint density at radius 1 is 1.19 bits per heavy atom. The maximum Gasteiger partial charge on any atom is 0.586 e. The van der Waals surface area contributed by atoms with Crippen LogP contribution in [0.25, 0.3) is 11.1 Å². The average Bonchev–Trinajstić information content (AvgIpc) is 2.95. The summed E-state index contributed by atoms with van der Waals surface area (Å²) in [6.45, 7) is 5.45. The lowest BCUT2D eigenvalue weighted by molar-refractivity contribution is -0.286. The molecule has 0 bridgehead atoms. The van der Waals surface area contributed by atoms with E-state index in [0.717, 1.165) is 5.57 Å². The van der Waals surface area contributed by atoms with Gasteiger partial charge in [0, 0.05) is 22.9 Å². The monoisotopic (exact) mass is 372 g/mol. The summed E-state index contributed by atoms with van der Waals surface area (Å²) in [4.78, 5) is 16.4. The number of carbonyl (C=O) groups is 1. The van der Waals surface area contributed by atoms with Gasteiger partial charge < -0.3 is 14.8 Å². The van der Waals surface area contributed by atoms with Crippen molar-refractivity contribution in [2.24, 2.45) is 0 Å². The molecule has 0 aliphatic carbocycles. The lowest BCUT2D eigenvalue weighted by Crippen LogP contribution is -2.26. The van der Waals surface area contributed by atoms with Crippen LogP contribution in [0, 0.1) is 0 Å². The second-order valence-electron chi connectivity index (χ2n) is 5.99. The van der Waals surface area contributed by atoms with E-state index in [1.807, 2.05) is 26.0 Å². The molecule has 1 aliphatic heterocycles. The Morgan fingerprint density at radius 3 is 2.63 bits per heavy atom. The number of ether oxygens (including phenoxy) is 2. The van der Waals surface area contributed by atoms with Crippen LogP contribution in [0.1, 0.15) is 20.8 Å². The Kier molecular flexibility index (Phi) is 4.94. The zero-order chi connectivity index (χ0) is 19.6. The number of nitrogens with zero attached hydrogens (tertiary/aromatic N) is 1. The molecule has 0 saturated heterocycles. The first kappa shape index (κ1) is 18.6. The third-order valence-electron chi connectivity index (χ3n) is 4.09. The number of allylic oxidation sites excluding steroid dienone is 3. The number of halogens is 2. The molecule has 2 heterocycles. The van der Waals surface area contributed by atoms with Crippen molar-refractivity contribution in [3.63, 3.8) is 0 Å². The highest BCUT2D eigenvalue weighted by atomic mass is 19.3. The molecule has 0 atom stereocenters. The molecule has 1 aromatic heterocycles. The fourth-order valence-electron chi connectivity index (χ4n) is 2.59. The molecule has 1 aromatic carbocycles. The Labute approximate surface area is 155 Å². The third-order valence-corrected chi connectivity index (χ3v) is 4.09. The van der Waals surface area contributed by atoms with E-state index in [0.29, 0.717) is 22.5 Å². The first-order chi connectivity index (χ1) is 12.8. The zero-order valence-electron chi connectivity index (χ0n) is 15.0. The number of hydrogen-bond acceptors (Lipinski definition) is 4. The van der Waals surface area contributed by atoms with Crippen LogP contribution in [-0.4, -0.2) is 17.2 Å². The number of alkyl halides is 2. The van der Waals surface area contributed by atoms with Gasteiger partial charge in [0.15, 0.2) is 11.5 Å². The largest absolute Gasteiger partial charge is 0.586 e. The summed E-state index contributed by atoms with van der Waals surface area (Å²) in [5.41, 5.74) is 2.41. The lowest BCUT2D eigenvalue weighted by Gasteiger charge is -2.09. The normalized spacial score (nSPS) is 15.6. The van der Waals surface area contributed by atoms with E-state index in [2.05, 4.69) is 19.8 Å². The van der Waals surface area contributed by atoms with Gasteiger partial charge in [-0.2, -0.15) is 0 Å². The summed E-state index contributed by atoms with van der Waals surface area (Å²) in [5.74, 6) is 0.0196. The minimum Gasteiger partial charge on any atom is -0.395 e. The molecule has 0 saturated carbocycles. The topological polar surface area (TPSA) is 60.5 Å². The number of carbonyl (C=O) groups excluding carboxylic acids is 1. The molecule has 0 radical (unpaired) electrons. The number of amides is 1. The summed E-state index contributed by atoms with van der Waals surface area (Å²) in [6, 6.07) is 7.89. The second kappa shape index (κ2) is 7.19. The smallest absolute Gasteiger partial charge is 0.395 e. The minimum absolute atomic E-state index is 0.0323. The number of anilines is 1. The van der Waals surface area contributed by atoms with Crippen molar-refractivity contribution in [1.82, 2.24) is 4.98 Å². The molecular weight excluding hydrogens is 354 g/mol. The zero-order valence-corrected chi connectivity index (χ0v) is 15.0. The van der Waals surface area contributed by atoms with Crippen molar-refractivity contribution in [1.29, 1.82) is 0 Å². The SMILES string of the molecule is C/C=C\C(C)=C(/C)C(=O)Nc1ccc(-c2cccc3c2OC(F)(F)O3)cn1. The second-order valence-corrected chi connectivity index (χ2v) is 5.99. The quantitative estimate of drug-likeness (QED) is 0.611. The number of fused-ring (bicyclic) bond motifs is 1. The van der Waals surface area contributed by atoms with E-state index in [1.54, 1.807) is 31.2 Å². The average molecular weight is 372 g/mol. The van der Waals surface area contributed by atoms with Crippen molar-refractivity contribution in [3.8, 4) is 22.6 Å². The molecule has 3 rings (SSSR count). The molecule has 2 aromatic rings. The lowest BCUT2D eigenvalue weighted by atomic mass is 10.1. The highest BCUT2D eigenvalue weighted by molar-refractivity contribution is 6.03. The van der Waals surface area contributed by atoms with Gasteiger partial charge in [-0.05, 0) is 44.5 Å². The predicted molar refractivity (Wildman–Crippen MR) is 97.7 cm³/mol. The maximum atomic E-state index is 13.3. The number of aromatic nitrogens is 1. The van der Waals surface area contributed by atoms with E-state index in [9.17, 15) is 13.6 Å². The van der Waals surface area contributed by atoms with Crippen LogP contribution in [0.4, 0.5) is 14.6 Å². The number of benzene rings is 1. The first-order valence-corrected chi connectivity index (χ1v) is 8.27. The molecule has 7 heteroatoms. The van der Waals surface area contributed by atoms with Gasteiger partial charge in [0.2, 0.25) is 0 Å². The predicted octanol–water partition coefficient (Wildman–Crippen LogP) is 4.92. The van der Waals surface area contributed by atoms with Crippen molar-refractivity contribution in [3.05, 3.63) is 59.8 Å². The number of para-hydroxylation sites is 1. The van der Waals surface area contributed by atoms with E-state index in [1.165, 1.54) is 12.3 Å². The van der Waals surface area contributed by atoms with Gasteiger partial charge in [0.05, 0.1) is 0 Å². The van der Waals surface area contributed by atoms with Crippen molar-refractivity contribution >= 4 is 11.7 Å².